The van der Waals surface area contributed by atoms with E-state index in [9.17, 15) is 4.79 Å². The van der Waals surface area contributed by atoms with Gasteiger partial charge < -0.3 is 9.47 Å². The number of hydrogen-bond acceptors (Lipinski definition) is 9. The molecule has 0 bridgehead atoms. The van der Waals surface area contributed by atoms with Gasteiger partial charge in [0.05, 0.1) is 36.6 Å². The molecular formula is C20H20N4O3S3. The molecule has 4 rings (SSSR count). The number of carbonyl (C=O) groups is 1. The number of hydrogen-bond donors (Lipinski definition) is 0. The van der Waals surface area contributed by atoms with Crippen LogP contribution >= 0.6 is 34.4 Å². The highest BCUT2D eigenvalue weighted by atomic mass is 32.2. The molecule has 10 heteroatoms. The smallest absolute Gasteiger partial charge is 0.253 e. The molecule has 7 nitrogen and oxygen atoms in total. The van der Waals surface area contributed by atoms with Gasteiger partial charge in [0.25, 0.3) is 5.91 Å². The first-order valence-corrected chi connectivity index (χ1v) is 11.9. The van der Waals surface area contributed by atoms with E-state index < -0.39 is 0 Å². The number of amides is 1. The molecule has 3 heterocycles. The Morgan fingerprint density at radius 1 is 1.23 bits per heavy atom. The van der Waals surface area contributed by atoms with Crippen LogP contribution in [0.4, 0.5) is 0 Å². The van der Waals surface area contributed by atoms with Gasteiger partial charge in [0.1, 0.15) is 5.01 Å². The van der Waals surface area contributed by atoms with Crippen molar-refractivity contribution in [2.24, 2.45) is 5.10 Å². The number of methoxy groups -OCH3 is 2. The molecule has 1 amide bonds. The Labute approximate surface area is 186 Å². The van der Waals surface area contributed by atoms with Crippen molar-refractivity contribution in [1.29, 1.82) is 0 Å². The quantitative estimate of drug-likeness (QED) is 0.487. The lowest BCUT2D eigenvalue weighted by molar-refractivity contribution is -0.130. The van der Waals surface area contributed by atoms with Crippen molar-refractivity contribution in [3.8, 4) is 11.5 Å². The first-order valence-electron chi connectivity index (χ1n) is 9.17. The van der Waals surface area contributed by atoms with Gasteiger partial charge in [-0.15, -0.1) is 21.5 Å². The third kappa shape index (κ3) is 4.35. The Balaban J connectivity index is 1.60. The van der Waals surface area contributed by atoms with E-state index in [1.165, 1.54) is 23.1 Å². The van der Waals surface area contributed by atoms with Crippen LogP contribution in [0.1, 0.15) is 27.9 Å². The highest BCUT2D eigenvalue weighted by Crippen LogP contribution is 2.38. The number of aromatic nitrogens is 2. The van der Waals surface area contributed by atoms with E-state index in [0.29, 0.717) is 17.9 Å². The number of thioether (sulfide) groups is 1. The summed E-state index contributed by atoms with van der Waals surface area (Å²) in [7, 11) is 3.21. The van der Waals surface area contributed by atoms with E-state index in [2.05, 4.69) is 10.2 Å². The minimum atomic E-state index is -0.203. The van der Waals surface area contributed by atoms with E-state index in [1.807, 2.05) is 42.6 Å². The molecule has 2 aromatic heterocycles. The molecule has 1 aliphatic heterocycles. The SMILES string of the molecule is COc1ccc(C2CC(c3cccs3)=NN2C(=O)CSc2nnc(C)s2)cc1OC. The molecular weight excluding hydrogens is 440 g/mol. The van der Waals surface area contributed by atoms with E-state index in [4.69, 9.17) is 14.6 Å². The summed E-state index contributed by atoms with van der Waals surface area (Å²) in [4.78, 5) is 14.2. The lowest BCUT2D eigenvalue weighted by atomic mass is 10.0. The van der Waals surface area contributed by atoms with Gasteiger partial charge in [-0.25, -0.2) is 5.01 Å². The first-order chi connectivity index (χ1) is 14.6. The number of ether oxygens (including phenoxy) is 2. The van der Waals surface area contributed by atoms with Crippen LogP contribution in [0.3, 0.4) is 0 Å². The maximum atomic E-state index is 13.1. The standard InChI is InChI=1S/C20H20N4O3S3/c1-12-21-22-20(30-12)29-11-19(25)24-15(10-14(23-24)18-5-4-8-28-18)13-6-7-16(26-2)17(9-13)27-3/h4-9,15H,10-11H2,1-3H3. The van der Waals surface area contributed by atoms with E-state index in [0.717, 1.165) is 25.5 Å². The van der Waals surface area contributed by atoms with Gasteiger partial charge in [0, 0.05) is 6.42 Å². The molecule has 1 aromatic carbocycles. The Kier molecular flexibility index (Phi) is 6.35. The number of nitrogens with zero attached hydrogens (tertiary/aromatic N) is 4. The average molecular weight is 461 g/mol. The molecule has 0 saturated carbocycles. The van der Waals surface area contributed by atoms with Crippen molar-refractivity contribution in [3.05, 3.63) is 51.2 Å². The van der Waals surface area contributed by atoms with Crippen molar-refractivity contribution in [1.82, 2.24) is 15.2 Å². The highest BCUT2D eigenvalue weighted by molar-refractivity contribution is 8.01. The molecule has 0 saturated heterocycles. The minimum absolute atomic E-state index is 0.0702. The fourth-order valence-electron chi connectivity index (χ4n) is 3.18. The summed E-state index contributed by atoms with van der Waals surface area (Å²) in [6, 6.07) is 9.55. The molecule has 0 spiro atoms. The third-order valence-electron chi connectivity index (χ3n) is 4.59. The Hall–Kier alpha value is -2.43. The molecule has 156 valence electrons. The second kappa shape index (κ2) is 9.15. The van der Waals surface area contributed by atoms with Crippen LogP contribution in [0.2, 0.25) is 0 Å². The van der Waals surface area contributed by atoms with Gasteiger partial charge in [-0.1, -0.05) is 35.2 Å². The first kappa shape index (κ1) is 20.8. The van der Waals surface area contributed by atoms with Crippen molar-refractivity contribution < 1.29 is 14.3 Å². The molecule has 3 aromatic rings. The summed E-state index contributed by atoms with van der Waals surface area (Å²) in [6.07, 6.45) is 0.643. The van der Waals surface area contributed by atoms with Gasteiger partial charge in [-0.2, -0.15) is 5.10 Å². The van der Waals surface area contributed by atoms with Crippen LogP contribution in [0.15, 0.2) is 45.2 Å². The zero-order chi connectivity index (χ0) is 21.1. The molecule has 1 aliphatic rings. The van der Waals surface area contributed by atoms with Crippen LogP contribution in [0.5, 0.6) is 11.5 Å². The second-order valence-electron chi connectivity index (χ2n) is 6.47. The van der Waals surface area contributed by atoms with Gasteiger partial charge in [0.2, 0.25) is 0 Å². The monoisotopic (exact) mass is 460 g/mol. The third-order valence-corrected chi connectivity index (χ3v) is 7.47. The maximum absolute atomic E-state index is 13.1. The van der Waals surface area contributed by atoms with Gasteiger partial charge in [-0.3, -0.25) is 4.79 Å². The maximum Gasteiger partial charge on any atom is 0.253 e. The normalized spacial score (nSPS) is 15.9. The summed E-state index contributed by atoms with van der Waals surface area (Å²) in [6.45, 7) is 1.90. The van der Waals surface area contributed by atoms with E-state index in [-0.39, 0.29) is 17.7 Å². The Morgan fingerprint density at radius 2 is 2.07 bits per heavy atom. The number of carbonyl (C=O) groups excluding carboxylic acids is 1. The van der Waals surface area contributed by atoms with Crippen molar-refractivity contribution >= 4 is 46.1 Å². The topological polar surface area (TPSA) is 76.9 Å². The summed E-state index contributed by atoms with van der Waals surface area (Å²) < 4.78 is 11.6. The van der Waals surface area contributed by atoms with Gasteiger partial charge >= 0.3 is 0 Å². The Morgan fingerprint density at radius 3 is 2.73 bits per heavy atom. The highest BCUT2D eigenvalue weighted by Gasteiger charge is 2.34. The molecule has 0 aliphatic carbocycles. The number of thiophene rings is 1. The van der Waals surface area contributed by atoms with Crippen molar-refractivity contribution in [3.63, 3.8) is 0 Å². The van der Waals surface area contributed by atoms with Crippen LogP contribution in [-0.2, 0) is 4.79 Å². The van der Waals surface area contributed by atoms with Crippen LogP contribution < -0.4 is 9.47 Å². The molecule has 0 radical (unpaired) electrons. The fourth-order valence-corrected chi connectivity index (χ4v) is 5.57. The molecule has 30 heavy (non-hydrogen) atoms. The van der Waals surface area contributed by atoms with Crippen molar-refractivity contribution in [2.75, 3.05) is 20.0 Å². The lowest BCUT2D eigenvalue weighted by Gasteiger charge is -2.22. The Bertz CT molecular complexity index is 1070. The molecule has 0 fully saturated rings. The predicted molar refractivity (Wildman–Crippen MR) is 120 cm³/mol. The van der Waals surface area contributed by atoms with E-state index in [1.54, 1.807) is 30.6 Å². The molecule has 0 N–H and O–H groups in total. The lowest BCUT2D eigenvalue weighted by Crippen LogP contribution is -2.28. The predicted octanol–water partition coefficient (Wildman–Crippen LogP) is 4.40. The van der Waals surface area contributed by atoms with Gasteiger partial charge in [0.15, 0.2) is 15.8 Å². The summed E-state index contributed by atoms with van der Waals surface area (Å²) >= 11 is 4.49. The van der Waals surface area contributed by atoms with Crippen LogP contribution in [0.25, 0.3) is 0 Å². The van der Waals surface area contributed by atoms with Crippen LogP contribution in [0, 0.1) is 6.92 Å². The van der Waals surface area contributed by atoms with Gasteiger partial charge in [-0.05, 0) is 36.1 Å². The largest absolute Gasteiger partial charge is 0.493 e. The number of benzene rings is 1. The fraction of sp³-hybridized carbons (Fsp3) is 0.300. The zero-order valence-electron chi connectivity index (χ0n) is 16.7. The van der Waals surface area contributed by atoms with E-state index >= 15 is 0 Å². The summed E-state index contributed by atoms with van der Waals surface area (Å²) in [5.74, 6) is 1.46. The number of rotatable bonds is 7. The number of hydrazone groups is 1. The summed E-state index contributed by atoms with van der Waals surface area (Å²) in [5, 5.41) is 17.3. The molecule has 1 unspecified atom stereocenters. The number of aryl methyl sites for hydroxylation is 1. The minimum Gasteiger partial charge on any atom is -0.493 e. The molecule has 1 atom stereocenters. The van der Waals surface area contributed by atoms with Crippen LogP contribution in [-0.4, -0.2) is 46.8 Å². The zero-order valence-corrected chi connectivity index (χ0v) is 19.1. The summed E-state index contributed by atoms with van der Waals surface area (Å²) in [5.41, 5.74) is 1.86. The second-order valence-corrected chi connectivity index (χ2v) is 9.82. The average Bonchev–Trinajstić information content (AvgIpc) is 3.51. The van der Waals surface area contributed by atoms with Crippen molar-refractivity contribution in [2.45, 2.75) is 23.7 Å².